The molecule has 4 aromatic rings. The number of ketones is 1. The summed E-state index contributed by atoms with van der Waals surface area (Å²) < 4.78 is 20.1. The highest BCUT2D eigenvalue weighted by atomic mass is 35.5. The van der Waals surface area contributed by atoms with Crippen molar-refractivity contribution >= 4 is 28.3 Å². The Morgan fingerprint density at radius 2 is 1.69 bits per heavy atom. The van der Waals surface area contributed by atoms with Crippen LogP contribution in [0.5, 0.6) is 11.5 Å². The van der Waals surface area contributed by atoms with Crippen molar-refractivity contribution in [3.05, 3.63) is 99.5 Å². The number of nitrogens with zero attached hydrogens (tertiary/aromatic N) is 1. The van der Waals surface area contributed by atoms with Crippen molar-refractivity contribution in [3.63, 3.8) is 0 Å². The number of benzene rings is 3. The fourth-order valence-corrected chi connectivity index (χ4v) is 3.89. The molecule has 0 fully saturated rings. The van der Waals surface area contributed by atoms with Gasteiger partial charge in [0, 0.05) is 29.4 Å². The first kappa shape index (κ1) is 22.0. The SMILES string of the molecule is Cc1ccc(F)c(CC(=O)Cc2ccc(Oc3ccnc4cc(C)c(C)cc34)cc2Cl)c1. The van der Waals surface area contributed by atoms with Crippen LogP contribution in [0.25, 0.3) is 10.9 Å². The summed E-state index contributed by atoms with van der Waals surface area (Å²) >= 11 is 6.44. The third-order valence-electron chi connectivity index (χ3n) is 5.55. The Morgan fingerprint density at radius 1 is 0.938 bits per heavy atom. The second kappa shape index (κ2) is 9.09. The average molecular weight is 448 g/mol. The van der Waals surface area contributed by atoms with E-state index in [9.17, 15) is 9.18 Å². The molecule has 0 aliphatic heterocycles. The number of pyridine rings is 1. The standard InChI is InChI=1S/C27H23ClFNO2/c1-16-4-7-25(29)20(10-16)14-21(31)13-19-5-6-22(15-24(19)28)32-27-8-9-30-26-12-18(3)17(2)11-23(26)27/h4-12,15H,13-14H2,1-3H3. The van der Waals surface area contributed by atoms with Crippen molar-refractivity contribution in [2.24, 2.45) is 0 Å². The highest BCUT2D eigenvalue weighted by molar-refractivity contribution is 6.31. The Labute approximate surface area is 191 Å². The molecule has 0 bridgehead atoms. The number of fused-ring (bicyclic) bond motifs is 1. The summed E-state index contributed by atoms with van der Waals surface area (Å²) in [6.45, 7) is 5.98. The first-order valence-corrected chi connectivity index (χ1v) is 10.8. The third kappa shape index (κ3) is 4.81. The van der Waals surface area contributed by atoms with Gasteiger partial charge in [-0.3, -0.25) is 9.78 Å². The van der Waals surface area contributed by atoms with E-state index in [2.05, 4.69) is 24.9 Å². The van der Waals surface area contributed by atoms with Gasteiger partial charge < -0.3 is 4.74 Å². The highest BCUT2D eigenvalue weighted by Crippen LogP contribution is 2.32. The molecule has 0 spiro atoms. The van der Waals surface area contributed by atoms with Gasteiger partial charge in [0.1, 0.15) is 23.1 Å². The molecule has 0 amide bonds. The molecule has 0 radical (unpaired) electrons. The maximum atomic E-state index is 14.0. The number of halogens is 2. The van der Waals surface area contributed by atoms with Crippen LogP contribution in [0.15, 0.2) is 60.8 Å². The molecule has 3 aromatic carbocycles. The van der Waals surface area contributed by atoms with Crippen LogP contribution in [-0.4, -0.2) is 10.8 Å². The van der Waals surface area contributed by atoms with Crippen LogP contribution in [0.1, 0.15) is 27.8 Å². The van der Waals surface area contributed by atoms with Gasteiger partial charge >= 0.3 is 0 Å². The number of aromatic nitrogens is 1. The molecule has 0 N–H and O–H groups in total. The van der Waals surface area contributed by atoms with E-state index >= 15 is 0 Å². The van der Waals surface area contributed by atoms with E-state index in [1.54, 1.807) is 36.5 Å². The minimum Gasteiger partial charge on any atom is -0.457 e. The number of rotatable bonds is 6. The van der Waals surface area contributed by atoms with Gasteiger partial charge in [-0.15, -0.1) is 0 Å². The number of ether oxygens (including phenoxy) is 1. The molecule has 32 heavy (non-hydrogen) atoms. The van der Waals surface area contributed by atoms with Gasteiger partial charge in [0.05, 0.1) is 5.52 Å². The van der Waals surface area contributed by atoms with Crippen molar-refractivity contribution in [2.75, 3.05) is 0 Å². The van der Waals surface area contributed by atoms with Gasteiger partial charge in [-0.1, -0.05) is 35.4 Å². The Kier molecular flexibility index (Phi) is 6.24. The number of aryl methyl sites for hydroxylation is 3. The van der Waals surface area contributed by atoms with Gasteiger partial charge in [-0.2, -0.15) is 0 Å². The largest absolute Gasteiger partial charge is 0.457 e. The molecular weight excluding hydrogens is 425 g/mol. The fraction of sp³-hybridized carbons (Fsp3) is 0.185. The van der Waals surface area contributed by atoms with Crippen LogP contribution in [0.2, 0.25) is 5.02 Å². The Bertz CT molecular complexity index is 1330. The topological polar surface area (TPSA) is 39.2 Å². The van der Waals surface area contributed by atoms with E-state index in [-0.39, 0.29) is 24.4 Å². The summed E-state index contributed by atoms with van der Waals surface area (Å²) in [5, 5.41) is 1.36. The first-order valence-electron chi connectivity index (χ1n) is 10.4. The lowest BCUT2D eigenvalue weighted by molar-refractivity contribution is -0.117. The fourth-order valence-electron chi connectivity index (χ4n) is 3.66. The van der Waals surface area contributed by atoms with Crippen LogP contribution in [-0.2, 0) is 17.6 Å². The highest BCUT2D eigenvalue weighted by Gasteiger charge is 2.13. The maximum absolute atomic E-state index is 14.0. The molecule has 5 heteroatoms. The Balaban J connectivity index is 1.51. The van der Waals surface area contributed by atoms with Crippen LogP contribution in [0, 0.1) is 26.6 Å². The zero-order chi connectivity index (χ0) is 22.8. The van der Waals surface area contributed by atoms with Crippen molar-refractivity contribution in [1.29, 1.82) is 0 Å². The van der Waals surface area contributed by atoms with E-state index in [0.717, 1.165) is 22.0 Å². The molecule has 0 saturated heterocycles. The monoisotopic (exact) mass is 447 g/mol. The molecule has 4 rings (SSSR count). The lowest BCUT2D eigenvalue weighted by Crippen LogP contribution is -2.08. The zero-order valence-electron chi connectivity index (χ0n) is 18.2. The Hall–Kier alpha value is -3.24. The Morgan fingerprint density at radius 3 is 2.47 bits per heavy atom. The summed E-state index contributed by atoms with van der Waals surface area (Å²) in [4.78, 5) is 16.9. The molecule has 1 heterocycles. The lowest BCUT2D eigenvalue weighted by Gasteiger charge is -2.12. The minimum absolute atomic E-state index is 0.0316. The molecule has 0 aliphatic rings. The van der Waals surface area contributed by atoms with Gasteiger partial charge in [-0.25, -0.2) is 4.39 Å². The average Bonchev–Trinajstić information content (AvgIpc) is 2.74. The van der Waals surface area contributed by atoms with Gasteiger partial charge in [-0.05, 0) is 79.4 Å². The maximum Gasteiger partial charge on any atom is 0.141 e. The summed E-state index contributed by atoms with van der Waals surface area (Å²) in [7, 11) is 0. The number of carbonyl (C=O) groups is 1. The van der Waals surface area contributed by atoms with E-state index in [4.69, 9.17) is 16.3 Å². The summed E-state index contributed by atoms with van der Waals surface area (Å²) in [6, 6.07) is 16.0. The number of Topliss-reactive ketones (excluding diaryl/α,β-unsaturated/α-hetero) is 1. The molecule has 0 atom stereocenters. The normalized spacial score (nSPS) is 11.0. The van der Waals surface area contributed by atoms with Crippen molar-refractivity contribution < 1.29 is 13.9 Å². The van der Waals surface area contributed by atoms with E-state index in [1.165, 1.54) is 11.6 Å². The predicted molar refractivity (Wildman–Crippen MR) is 126 cm³/mol. The molecule has 0 aliphatic carbocycles. The van der Waals surface area contributed by atoms with Crippen LogP contribution >= 0.6 is 11.6 Å². The van der Waals surface area contributed by atoms with Crippen LogP contribution in [0.4, 0.5) is 4.39 Å². The minimum atomic E-state index is -0.367. The molecule has 3 nitrogen and oxygen atoms in total. The molecule has 162 valence electrons. The summed E-state index contributed by atoms with van der Waals surface area (Å²) in [6.07, 6.45) is 1.87. The van der Waals surface area contributed by atoms with Crippen molar-refractivity contribution in [3.8, 4) is 11.5 Å². The number of carbonyl (C=O) groups excluding carboxylic acids is 1. The summed E-state index contributed by atoms with van der Waals surface area (Å²) in [5.74, 6) is 0.791. The molecule has 1 aromatic heterocycles. The smallest absolute Gasteiger partial charge is 0.141 e. The molecule has 0 saturated carbocycles. The molecular formula is C27H23ClFNO2. The van der Waals surface area contributed by atoms with E-state index in [1.807, 2.05) is 19.1 Å². The zero-order valence-corrected chi connectivity index (χ0v) is 19.0. The first-order chi connectivity index (χ1) is 15.3. The number of hydrogen-bond donors (Lipinski definition) is 0. The second-order valence-corrected chi connectivity index (χ2v) is 8.51. The number of hydrogen-bond acceptors (Lipinski definition) is 3. The third-order valence-corrected chi connectivity index (χ3v) is 5.90. The predicted octanol–water partition coefficient (Wildman–Crippen LogP) is 7.10. The van der Waals surface area contributed by atoms with Gasteiger partial charge in [0.2, 0.25) is 0 Å². The second-order valence-electron chi connectivity index (χ2n) is 8.11. The molecule has 0 unspecified atom stereocenters. The van der Waals surface area contributed by atoms with Crippen LogP contribution in [0.3, 0.4) is 0 Å². The van der Waals surface area contributed by atoms with Gasteiger partial charge in [0.25, 0.3) is 0 Å². The lowest BCUT2D eigenvalue weighted by atomic mass is 10.0. The van der Waals surface area contributed by atoms with Gasteiger partial charge in [0.15, 0.2) is 0 Å². The van der Waals surface area contributed by atoms with E-state index in [0.29, 0.717) is 27.6 Å². The quantitative estimate of drug-likeness (QED) is 0.316. The van der Waals surface area contributed by atoms with E-state index < -0.39 is 0 Å². The summed E-state index contributed by atoms with van der Waals surface area (Å²) in [5.41, 5.74) is 5.20. The van der Waals surface area contributed by atoms with Crippen LogP contribution < -0.4 is 4.74 Å². The van der Waals surface area contributed by atoms with Crippen molar-refractivity contribution in [1.82, 2.24) is 4.98 Å². The van der Waals surface area contributed by atoms with Crippen molar-refractivity contribution in [2.45, 2.75) is 33.6 Å².